The normalized spacial score (nSPS) is 36.7. The number of fused-ring (bicyclic) bond motifs is 7. The molecule has 0 radical (unpaired) electrons. The molecule has 0 amide bonds. The van der Waals surface area contributed by atoms with E-state index in [1.807, 2.05) is 36.4 Å². The lowest BCUT2D eigenvalue weighted by molar-refractivity contribution is -0.177. The van der Waals surface area contributed by atoms with E-state index >= 15 is 0 Å². The lowest BCUT2D eigenvalue weighted by Crippen LogP contribution is -2.62. The van der Waals surface area contributed by atoms with Gasteiger partial charge in [-0.2, -0.15) is 5.10 Å². The molecule has 0 bridgehead atoms. The second kappa shape index (κ2) is 10.5. The number of thioether (sulfide) groups is 1. The molecule has 1 aromatic carbocycles. The minimum atomic E-state index is -1.43. The fraction of sp³-hybridized carbons (Fsp3) is 0.595. The van der Waals surface area contributed by atoms with Crippen molar-refractivity contribution in [1.82, 2.24) is 14.8 Å². The Hall–Kier alpha value is -2.48. The van der Waals surface area contributed by atoms with Gasteiger partial charge in [-0.3, -0.25) is 9.48 Å². The molecule has 4 fully saturated rings. The molecule has 4 saturated carbocycles. The molecule has 3 aromatic rings. The lowest BCUT2D eigenvalue weighted by atomic mass is 9.45. The molecular formula is C37H45N3O3S. The monoisotopic (exact) mass is 611 g/mol. The summed E-state index contributed by atoms with van der Waals surface area (Å²) in [5.74, 6) is 0.705. The zero-order valence-electron chi connectivity index (χ0n) is 26.0. The van der Waals surface area contributed by atoms with E-state index < -0.39 is 17.1 Å². The quantitative estimate of drug-likeness (QED) is 0.297. The Morgan fingerprint density at radius 3 is 2.73 bits per heavy atom. The van der Waals surface area contributed by atoms with Crippen LogP contribution in [0, 0.1) is 28.6 Å². The van der Waals surface area contributed by atoms with Gasteiger partial charge < -0.3 is 10.2 Å². The van der Waals surface area contributed by atoms with Crippen molar-refractivity contribution >= 4 is 34.5 Å². The molecule has 44 heavy (non-hydrogen) atoms. The molecule has 5 aliphatic carbocycles. The Balaban J connectivity index is 1.03. The van der Waals surface area contributed by atoms with E-state index in [0.29, 0.717) is 18.9 Å². The maximum absolute atomic E-state index is 13.9. The summed E-state index contributed by atoms with van der Waals surface area (Å²) in [6.45, 7) is 4.48. The number of aliphatic hydroxyl groups excluding tert-OH is 1. The maximum atomic E-state index is 13.9. The van der Waals surface area contributed by atoms with Crippen molar-refractivity contribution in [1.29, 1.82) is 0 Å². The number of hydrogen-bond acceptors (Lipinski definition) is 6. The number of benzene rings is 1. The summed E-state index contributed by atoms with van der Waals surface area (Å²) in [5, 5.41) is 31.0. The van der Waals surface area contributed by atoms with Crippen LogP contribution in [0.25, 0.3) is 17.0 Å². The van der Waals surface area contributed by atoms with E-state index in [9.17, 15) is 15.0 Å². The summed E-state index contributed by atoms with van der Waals surface area (Å²) in [4.78, 5) is 18.6. The van der Waals surface area contributed by atoms with Gasteiger partial charge in [0, 0.05) is 10.8 Å². The summed E-state index contributed by atoms with van der Waals surface area (Å²) >= 11 is 1.41. The van der Waals surface area contributed by atoms with Gasteiger partial charge in [0.1, 0.15) is 5.60 Å². The molecule has 232 valence electrons. The van der Waals surface area contributed by atoms with Crippen LogP contribution in [0.2, 0.25) is 0 Å². The number of aliphatic hydroxyl groups is 2. The van der Waals surface area contributed by atoms with Gasteiger partial charge in [-0.1, -0.05) is 74.7 Å². The maximum Gasteiger partial charge on any atom is 0.175 e. The van der Waals surface area contributed by atoms with Crippen LogP contribution in [-0.2, 0) is 11.2 Å². The van der Waals surface area contributed by atoms with Gasteiger partial charge in [0.05, 0.1) is 40.3 Å². The minimum absolute atomic E-state index is 0.117. The SMILES string of the molecule is CC12Cc3cnn(C4CCCCC4)c3C=C1CCC1C2[C@@H](O)CC2(C)C1CCC2(O)C(=O)CSc1ccc2ccccc2n1. The smallest absolute Gasteiger partial charge is 0.175 e. The van der Waals surface area contributed by atoms with Crippen LogP contribution in [0.1, 0.15) is 95.4 Å². The molecular weight excluding hydrogens is 566 g/mol. The standard InChI is InChI=1S/C37H45N3O3S/c1-35-19-24-21-38-40(26-9-4-3-5-10-26)30(24)18-25(35)13-14-27-28-16-17-37(43,36(28,2)20-31(41)34(27)35)32(42)22-44-33-15-12-23-8-6-7-11-29(23)39-33/h6-8,11-12,15,18,21,26-28,31,34,41,43H,3-5,9-10,13-14,16-17,19-20,22H2,1-2H3/t27?,28?,31-,34?,35?,36?,37?/m0/s1. The largest absolute Gasteiger partial charge is 0.393 e. The van der Waals surface area contributed by atoms with Gasteiger partial charge in [0.25, 0.3) is 0 Å². The van der Waals surface area contributed by atoms with Crippen molar-refractivity contribution < 1.29 is 15.0 Å². The molecule has 2 heterocycles. The van der Waals surface area contributed by atoms with Gasteiger partial charge in [0.2, 0.25) is 0 Å². The molecule has 0 saturated heterocycles. The number of carbonyl (C=O) groups excluding carboxylic acids is 1. The first-order chi connectivity index (χ1) is 21.2. The Bertz CT molecular complexity index is 1640. The van der Waals surface area contributed by atoms with Crippen LogP contribution in [0.3, 0.4) is 0 Å². The number of pyridine rings is 1. The van der Waals surface area contributed by atoms with Crippen molar-refractivity contribution in [3.8, 4) is 0 Å². The topological polar surface area (TPSA) is 88.2 Å². The first-order valence-corrected chi connectivity index (χ1v) is 17.9. The molecule has 5 aliphatic rings. The summed E-state index contributed by atoms with van der Waals surface area (Å²) in [5.41, 5.74) is 2.82. The number of ketones is 1. The number of hydrogen-bond donors (Lipinski definition) is 2. The molecule has 6 nitrogen and oxygen atoms in total. The molecule has 2 N–H and O–H groups in total. The second-order valence-electron chi connectivity index (χ2n) is 15.0. The Morgan fingerprint density at radius 1 is 1.07 bits per heavy atom. The van der Waals surface area contributed by atoms with Gasteiger partial charge in [0.15, 0.2) is 5.78 Å². The molecule has 7 heteroatoms. The number of aromatic nitrogens is 3. The third-order valence-corrected chi connectivity index (χ3v) is 13.8. The number of carbonyl (C=O) groups is 1. The van der Waals surface area contributed by atoms with Crippen LogP contribution >= 0.6 is 11.8 Å². The van der Waals surface area contributed by atoms with Crippen LogP contribution in [0.5, 0.6) is 0 Å². The zero-order valence-corrected chi connectivity index (χ0v) is 26.9. The van der Waals surface area contributed by atoms with E-state index in [1.165, 1.54) is 60.7 Å². The van der Waals surface area contributed by atoms with Gasteiger partial charge in [-0.15, -0.1) is 0 Å². The number of Topliss-reactive ketones (excluding diaryl/α,β-unsaturated/α-hetero) is 1. The second-order valence-corrected chi connectivity index (χ2v) is 16.0. The Morgan fingerprint density at radius 2 is 1.89 bits per heavy atom. The number of para-hydroxylation sites is 1. The lowest BCUT2D eigenvalue weighted by Gasteiger charge is -2.60. The molecule has 0 spiro atoms. The van der Waals surface area contributed by atoms with Gasteiger partial charge in [-0.25, -0.2) is 4.98 Å². The predicted molar refractivity (Wildman–Crippen MR) is 174 cm³/mol. The highest BCUT2D eigenvalue weighted by molar-refractivity contribution is 7.99. The fourth-order valence-electron chi connectivity index (χ4n) is 10.7. The third-order valence-electron chi connectivity index (χ3n) is 12.9. The number of allylic oxidation sites excluding steroid dienone is 1. The van der Waals surface area contributed by atoms with Crippen molar-refractivity contribution in [2.75, 3.05) is 5.75 Å². The van der Waals surface area contributed by atoms with Crippen molar-refractivity contribution in [2.45, 2.75) is 107 Å². The highest BCUT2D eigenvalue weighted by atomic mass is 32.2. The summed E-state index contributed by atoms with van der Waals surface area (Å²) < 4.78 is 2.32. The number of rotatable bonds is 5. The van der Waals surface area contributed by atoms with E-state index in [4.69, 9.17) is 10.1 Å². The van der Waals surface area contributed by atoms with Gasteiger partial charge in [-0.05, 0) is 98.3 Å². The van der Waals surface area contributed by atoms with E-state index in [-0.39, 0.29) is 34.7 Å². The number of nitrogens with zero attached hydrogens (tertiary/aromatic N) is 3. The average Bonchev–Trinajstić information content (AvgIpc) is 3.55. The fourth-order valence-corrected chi connectivity index (χ4v) is 11.5. The molecule has 7 atom stereocenters. The van der Waals surface area contributed by atoms with Crippen LogP contribution in [0.4, 0.5) is 0 Å². The Labute approximate surface area is 264 Å². The van der Waals surface area contributed by atoms with E-state index in [1.54, 1.807) is 0 Å². The average molecular weight is 612 g/mol. The Kier molecular flexibility index (Phi) is 6.93. The minimum Gasteiger partial charge on any atom is -0.393 e. The molecule has 0 aliphatic heterocycles. The van der Waals surface area contributed by atoms with Crippen LogP contribution in [0.15, 0.2) is 53.2 Å². The highest BCUT2D eigenvalue weighted by Crippen LogP contribution is 2.67. The third kappa shape index (κ3) is 4.25. The summed E-state index contributed by atoms with van der Waals surface area (Å²) in [7, 11) is 0. The van der Waals surface area contributed by atoms with E-state index in [0.717, 1.165) is 41.6 Å². The highest BCUT2D eigenvalue weighted by Gasteiger charge is 2.68. The van der Waals surface area contributed by atoms with Crippen LogP contribution < -0.4 is 0 Å². The van der Waals surface area contributed by atoms with Gasteiger partial charge >= 0.3 is 0 Å². The molecule has 8 rings (SSSR count). The summed E-state index contributed by atoms with van der Waals surface area (Å²) in [6.07, 6.45) is 15.1. The van der Waals surface area contributed by atoms with Crippen LogP contribution in [-0.4, -0.2) is 48.2 Å². The molecule has 6 unspecified atom stereocenters. The zero-order chi connectivity index (χ0) is 30.3. The predicted octanol–water partition coefficient (Wildman–Crippen LogP) is 7.18. The van der Waals surface area contributed by atoms with Crippen molar-refractivity contribution in [3.05, 3.63) is 59.4 Å². The van der Waals surface area contributed by atoms with Crippen molar-refractivity contribution in [2.24, 2.45) is 28.6 Å². The first-order valence-electron chi connectivity index (χ1n) is 16.9. The van der Waals surface area contributed by atoms with E-state index in [2.05, 4.69) is 30.8 Å². The summed E-state index contributed by atoms with van der Waals surface area (Å²) in [6, 6.07) is 12.5. The molecule has 2 aromatic heterocycles. The first kappa shape index (κ1) is 29.0. The van der Waals surface area contributed by atoms with Crippen molar-refractivity contribution in [3.63, 3.8) is 0 Å².